The molecule has 3 aromatic rings. The Morgan fingerprint density at radius 2 is 1.67 bits per heavy atom. The molecule has 0 aliphatic carbocycles. The Kier molecular flexibility index (Phi) is 2.75. The molecule has 18 heavy (non-hydrogen) atoms. The predicted octanol–water partition coefficient (Wildman–Crippen LogP) is 3.23. The SMILES string of the molecule is Fc1cccc(C#Cc2ccc3nsnc3c2)c1. The van der Waals surface area contributed by atoms with Gasteiger partial charge < -0.3 is 0 Å². The van der Waals surface area contributed by atoms with Crippen LogP contribution in [0.3, 0.4) is 0 Å². The predicted molar refractivity (Wildman–Crippen MR) is 69.8 cm³/mol. The summed E-state index contributed by atoms with van der Waals surface area (Å²) >= 11 is 1.18. The fraction of sp³-hybridized carbons (Fsp3) is 0. The van der Waals surface area contributed by atoms with Gasteiger partial charge in [-0.05, 0) is 36.4 Å². The molecule has 0 spiro atoms. The first kappa shape index (κ1) is 10.9. The second kappa shape index (κ2) is 4.55. The third-order valence-electron chi connectivity index (χ3n) is 2.43. The number of nitrogens with zero attached hydrogens (tertiary/aromatic N) is 2. The lowest BCUT2D eigenvalue weighted by Gasteiger charge is -1.91. The van der Waals surface area contributed by atoms with Gasteiger partial charge >= 0.3 is 0 Å². The van der Waals surface area contributed by atoms with Crippen LogP contribution in [0.25, 0.3) is 11.0 Å². The van der Waals surface area contributed by atoms with Crippen LogP contribution in [0.1, 0.15) is 11.1 Å². The Labute approximate surface area is 107 Å². The highest BCUT2D eigenvalue weighted by molar-refractivity contribution is 7.00. The Morgan fingerprint density at radius 1 is 0.889 bits per heavy atom. The van der Waals surface area contributed by atoms with Crippen molar-refractivity contribution in [3.63, 3.8) is 0 Å². The molecule has 1 heterocycles. The molecular weight excluding hydrogens is 247 g/mol. The van der Waals surface area contributed by atoms with Gasteiger partial charge in [-0.3, -0.25) is 0 Å². The van der Waals surface area contributed by atoms with E-state index in [-0.39, 0.29) is 5.82 Å². The standard InChI is InChI=1S/C14H7FN2S/c15-12-3-1-2-10(8-12)4-5-11-6-7-13-14(9-11)17-18-16-13/h1-3,6-9H. The Balaban J connectivity index is 1.97. The number of aromatic nitrogens is 2. The smallest absolute Gasteiger partial charge is 0.124 e. The minimum absolute atomic E-state index is 0.277. The highest BCUT2D eigenvalue weighted by Gasteiger charge is 1.97. The molecule has 0 N–H and O–H groups in total. The molecule has 0 saturated carbocycles. The van der Waals surface area contributed by atoms with E-state index in [0.717, 1.165) is 16.6 Å². The van der Waals surface area contributed by atoms with E-state index in [1.165, 1.54) is 23.9 Å². The van der Waals surface area contributed by atoms with E-state index in [9.17, 15) is 4.39 Å². The zero-order chi connectivity index (χ0) is 12.4. The van der Waals surface area contributed by atoms with E-state index in [1.807, 2.05) is 18.2 Å². The number of hydrogen-bond acceptors (Lipinski definition) is 3. The van der Waals surface area contributed by atoms with Crippen molar-refractivity contribution >= 4 is 22.8 Å². The van der Waals surface area contributed by atoms with Crippen LogP contribution in [0.15, 0.2) is 42.5 Å². The van der Waals surface area contributed by atoms with Gasteiger partial charge in [0.2, 0.25) is 0 Å². The maximum atomic E-state index is 13.0. The lowest BCUT2D eigenvalue weighted by atomic mass is 10.1. The summed E-state index contributed by atoms with van der Waals surface area (Å²) in [6, 6.07) is 11.9. The molecule has 0 unspecified atom stereocenters. The van der Waals surface area contributed by atoms with Crippen molar-refractivity contribution in [1.29, 1.82) is 0 Å². The lowest BCUT2D eigenvalue weighted by Crippen LogP contribution is -1.79. The van der Waals surface area contributed by atoms with Crippen LogP contribution >= 0.6 is 11.7 Å². The molecule has 3 rings (SSSR count). The van der Waals surface area contributed by atoms with Gasteiger partial charge in [0.05, 0.1) is 11.7 Å². The number of fused-ring (bicyclic) bond motifs is 1. The fourth-order valence-electron chi connectivity index (χ4n) is 1.57. The molecule has 0 aliphatic heterocycles. The number of benzene rings is 2. The van der Waals surface area contributed by atoms with E-state index in [0.29, 0.717) is 5.56 Å². The van der Waals surface area contributed by atoms with Crippen molar-refractivity contribution in [2.75, 3.05) is 0 Å². The molecule has 86 valence electrons. The molecule has 1 aromatic heterocycles. The molecule has 4 heteroatoms. The van der Waals surface area contributed by atoms with Crippen molar-refractivity contribution in [1.82, 2.24) is 8.75 Å². The van der Waals surface area contributed by atoms with Gasteiger partial charge in [-0.2, -0.15) is 8.75 Å². The van der Waals surface area contributed by atoms with Crippen molar-refractivity contribution in [3.05, 3.63) is 59.4 Å². The average Bonchev–Trinajstić information content (AvgIpc) is 2.84. The number of rotatable bonds is 0. The number of halogens is 1. The fourth-order valence-corrected chi connectivity index (χ4v) is 2.09. The summed E-state index contributed by atoms with van der Waals surface area (Å²) in [5.41, 5.74) is 3.22. The highest BCUT2D eigenvalue weighted by atomic mass is 32.1. The summed E-state index contributed by atoms with van der Waals surface area (Å²) in [6.07, 6.45) is 0. The van der Waals surface area contributed by atoms with Gasteiger partial charge in [0.15, 0.2) is 0 Å². The second-order valence-electron chi connectivity index (χ2n) is 3.73. The Hall–Kier alpha value is -2.25. The number of hydrogen-bond donors (Lipinski definition) is 0. The van der Waals surface area contributed by atoms with E-state index in [2.05, 4.69) is 20.6 Å². The monoisotopic (exact) mass is 254 g/mol. The molecule has 2 nitrogen and oxygen atoms in total. The van der Waals surface area contributed by atoms with Gasteiger partial charge in [0, 0.05) is 11.1 Å². The first-order chi connectivity index (χ1) is 8.81. The summed E-state index contributed by atoms with van der Waals surface area (Å²) in [5.74, 6) is 5.64. The van der Waals surface area contributed by atoms with E-state index in [4.69, 9.17) is 0 Å². The average molecular weight is 254 g/mol. The molecule has 2 aromatic carbocycles. The van der Waals surface area contributed by atoms with Crippen molar-refractivity contribution in [2.24, 2.45) is 0 Å². The Bertz CT molecular complexity index is 768. The largest absolute Gasteiger partial charge is 0.207 e. The van der Waals surface area contributed by atoms with Gasteiger partial charge in [-0.15, -0.1) is 0 Å². The van der Waals surface area contributed by atoms with Gasteiger partial charge in [-0.25, -0.2) is 4.39 Å². The second-order valence-corrected chi connectivity index (χ2v) is 4.26. The minimum atomic E-state index is -0.277. The minimum Gasteiger partial charge on any atom is -0.207 e. The van der Waals surface area contributed by atoms with Crippen LogP contribution in [-0.2, 0) is 0 Å². The summed E-state index contributed by atoms with van der Waals surface area (Å²) in [6.45, 7) is 0. The van der Waals surface area contributed by atoms with E-state index >= 15 is 0 Å². The normalized spacial score (nSPS) is 10.1. The topological polar surface area (TPSA) is 25.8 Å². The van der Waals surface area contributed by atoms with E-state index < -0.39 is 0 Å². The first-order valence-electron chi connectivity index (χ1n) is 5.31. The quantitative estimate of drug-likeness (QED) is 0.576. The van der Waals surface area contributed by atoms with Crippen LogP contribution in [0.2, 0.25) is 0 Å². The third kappa shape index (κ3) is 2.22. The van der Waals surface area contributed by atoms with Crippen LogP contribution in [0.4, 0.5) is 4.39 Å². The van der Waals surface area contributed by atoms with Crippen molar-refractivity contribution in [2.45, 2.75) is 0 Å². The lowest BCUT2D eigenvalue weighted by molar-refractivity contribution is 0.627. The maximum Gasteiger partial charge on any atom is 0.124 e. The third-order valence-corrected chi connectivity index (χ3v) is 2.99. The molecule has 0 atom stereocenters. The molecule has 0 aliphatic rings. The molecule has 0 amide bonds. The summed E-state index contributed by atoms with van der Waals surface area (Å²) in [4.78, 5) is 0. The highest BCUT2D eigenvalue weighted by Crippen LogP contribution is 2.13. The van der Waals surface area contributed by atoms with Crippen LogP contribution in [-0.4, -0.2) is 8.75 Å². The van der Waals surface area contributed by atoms with Gasteiger partial charge in [-0.1, -0.05) is 17.9 Å². The van der Waals surface area contributed by atoms with Gasteiger partial charge in [0.25, 0.3) is 0 Å². The zero-order valence-electron chi connectivity index (χ0n) is 9.22. The van der Waals surface area contributed by atoms with Crippen molar-refractivity contribution in [3.8, 4) is 11.8 Å². The summed E-state index contributed by atoms with van der Waals surface area (Å²) < 4.78 is 21.2. The molecule has 0 saturated heterocycles. The first-order valence-corrected chi connectivity index (χ1v) is 6.04. The zero-order valence-corrected chi connectivity index (χ0v) is 10.0. The van der Waals surface area contributed by atoms with E-state index in [1.54, 1.807) is 12.1 Å². The maximum absolute atomic E-state index is 13.0. The van der Waals surface area contributed by atoms with Crippen LogP contribution < -0.4 is 0 Å². The molecule has 0 bridgehead atoms. The molecule has 0 radical (unpaired) electrons. The molecule has 0 fully saturated rings. The van der Waals surface area contributed by atoms with Crippen LogP contribution in [0.5, 0.6) is 0 Å². The van der Waals surface area contributed by atoms with Gasteiger partial charge in [0.1, 0.15) is 16.9 Å². The van der Waals surface area contributed by atoms with Crippen molar-refractivity contribution < 1.29 is 4.39 Å². The Morgan fingerprint density at radius 3 is 2.50 bits per heavy atom. The van der Waals surface area contributed by atoms with Crippen LogP contribution in [0, 0.1) is 17.7 Å². The summed E-state index contributed by atoms with van der Waals surface area (Å²) in [5, 5.41) is 0. The summed E-state index contributed by atoms with van der Waals surface area (Å²) in [7, 11) is 0. The molecular formula is C14H7FN2S.